The van der Waals surface area contributed by atoms with Gasteiger partial charge in [0.2, 0.25) is 0 Å². The van der Waals surface area contributed by atoms with E-state index in [1.165, 1.54) is 0 Å². The van der Waals surface area contributed by atoms with E-state index in [0.717, 1.165) is 0 Å². The number of nitrogens with two attached hydrogens (primary N) is 5. The number of nitrogens with zero attached hydrogens (tertiary/aromatic N) is 1. The Labute approximate surface area is 58.7 Å². The summed E-state index contributed by atoms with van der Waals surface area (Å²) in [6.45, 7) is 3.14. The lowest BCUT2D eigenvalue weighted by molar-refractivity contribution is 0.533. The molecule has 6 nitrogen and oxygen atoms in total. The normalized spacial score (nSPS) is 10.7. The molecule has 0 atom stereocenters. The highest BCUT2D eigenvalue weighted by Crippen LogP contribution is 2.01. The molecule has 0 aromatic rings. The molecule has 10 N–H and O–H groups in total. The van der Waals surface area contributed by atoms with Crippen molar-refractivity contribution in [3.05, 3.63) is 11.5 Å². The molecule has 0 aliphatic rings. The van der Waals surface area contributed by atoms with Crippen molar-refractivity contribution in [3.63, 3.8) is 0 Å². The van der Waals surface area contributed by atoms with Gasteiger partial charge in [-0.1, -0.05) is 0 Å². The predicted octanol–water partition coefficient (Wildman–Crippen LogP) is -2.70. The van der Waals surface area contributed by atoms with Crippen LogP contribution in [0.15, 0.2) is 16.5 Å². The summed E-state index contributed by atoms with van der Waals surface area (Å²) in [5.74, 6) is -1.73. The van der Waals surface area contributed by atoms with Crippen LogP contribution in [0.1, 0.15) is 0 Å². The van der Waals surface area contributed by atoms with Gasteiger partial charge in [-0.25, -0.2) is 0 Å². The lowest BCUT2D eigenvalue weighted by atomic mass is 10.3. The standard InChI is InChI=1S/C4H12N6/c1-10-2(3(5)6)4(7,8)9/h1,5-9H2. The fourth-order valence-corrected chi connectivity index (χ4v) is 0.478. The van der Waals surface area contributed by atoms with Crippen molar-refractivity contribution >= 4 is 6.72 Å². The van der Waals surface area contributed by atoms with E-state index >= 15 is 0 Å². The number of rotatable bonds is 2. The lowest BCUT2D eigenvalue weighted by Crippen LogP contribution is -2.60. The van der Waals surface area contributed by atoms with Gasteiger partial charge in [0.1, 0.15) is 11.5 Å². The van der Waals surface area contributed by atoms with Crippen LogP contribution in [-0.2, 0) is 0 Å². The summed E-state index contributed by atoms with van der Waals surface area (Å²) in [4.78, 5) is 3.36. The van der Waals surface area contributed by atoms with Crippen LogP contribution in [0.2, 0.25) is 0 Å². The smallest absolute Gasteiger partial charge is 0.164 e. The van der Waals surface area contributed by atoms with E-state index in [1.54, 1.807) is 0 Å². The van der Waals surface area contributed by atoms with Gasteiger partial charge < -0.3 is 11.5 Å². The Balaban J connectivity index is 4.71. The second-order valence-electron chi connectivity index (χ2n) is 1.90. The molecule has 0 rings (SSSR count). The summed E-state index contributed by atoms with van der Waals surface area (Å²) in [5, 5.41) is 0. The van der Waals surface area contributed by atoms with Crippen LogP contribution in [0.5, 0.6) is 0 Å². The maximum atomic E-state index is 5.20. The van der Waals surface area contributed by atoms with Crippen molar-refractivity contribution in [2.75, 3.05) is 0 Å². The highest BCUT2D eigenvalue weighted by Gasteiger charge is 2.19. The Hall–Kier alpha value is -1.11. The molecule has 0 aliphatic heterocycles. The Morgan fingerprint density at radius 1 is 1.20 bits per heavy atom. The summed E-state index contributed by atoms with van der Waals surface area (Å²) < 4.78 is 0. The molecule has 0 aromatic carbocycles. The monoisotopic (exact) mass is 144 g/mol. The van der Waals surface area contributed by atoms with E-state index in [2.05, 4.69) is 11.7 Å². The molecule has 0 saturated carbocycles. The van der Waals surface area contributed by atoms with Crippen molar-refractivity contribution in [2.45, 2.75) is 5.79 Å². The van der Waals surface area contributed by atoms with Crippen LogP contribution in [0, 0.1) is 0 Å². The van der Waals surface area contributed by atoms with Crippen LogP contribution in [0.25, 0.3) is 0 Å². The van der Waals surface area contributed by atoms with E-state index in [9.17, 15) is 0 Å². The van der Waals surface area contributed by atoms with E-state index in [0.29, 0.717) is 0 Å². The maximum absolute atomic E-state index is 5.20. The Kier molecular flexibility index (Phi) is 2.36. The van der Waals surface area contributed by atoms with E-state index in [4.69, 9.17) is 28.7 Å². The zero-order valence-electron chi connectivity index (χ0n) is 5.54. The van der Waals surface area contributed by atoms with Crippen LogP contribution >= 0.6 is 0 Å². The molecule has 0 amide bonds. The van der Waals surface area contributed by atoms with Crippen LogP contribution < -0.4 is 28.7 Å². The molecule has 0 aliphatic carbocycles. The zero-order valence-corrected chi connectivity index (χ0v) is 5.54. The van der Waals surface area contributed by atoms with Crippen LogP contribution in [0.4, 0.5) is 0 Å². The first-order valence-corrected chi connectivity index (χ1v) is 2.48. The van der Waals surface area contributed by atoms with Crippen molar-refractivity contribution in [2.24, 2.45) is 33.7 Å². The third kappa shape index (κ3) is 2.02. The SMILES string of the molecule is C=NC(=C(N)N)C(N)(N)N. The van der Waals surface area contributed by atoms with Gasteiger partial charge in [0.05, 0.1) is 0 Å². The summed E-state index contributed by atoms with van der Waals surface area (Å²) in [6, 6.07) is 0. The van der Waals surface area contributed by atoms with E-state index in [-0.39, 0.29) is 11.5 Å². The lowest BCUT2D eigenvalue weighted by Gasteiger charge is -2.19. The fraction of sp³-hybridized carbons (Fsp3) is 0.250. The first kappa shape index (κ1) is 8.89. The molecule has 0 spiro atoms. The summed E-state index contributed by atoms with van der Waals surface area (Å²) in [7, 11) is 0. The van der Waals surface area contributed by atoms with Gasteiger partial charge in [-0.2, -0.15) is 0 Å². The topological polar surface area (TPSA) is 142 Å². The van der Waals surface area contributed by atoms with Crippen molar-refractivity contribution in [1.82, 2.24) is 0 Å². The molecule has 0 aromatic heterocycles. The first-order chi connectivity index (χ1) is 4.39. The summed E-state index contributed by atoms with van der Waals surface area (Å²) in [6.07, 6.45) is 0. The molecule has 0 unspecified atom stereocenters. The molecule has 6 heteroatoms. The molecule has 58 valence electrons. The Bertz CT molecular complexity index is 159. The van der Waals surface area contributed by atoms with Gasteiger partial charge in [-0.3, -0.25) is 22.2 Å². The van der Waals surface area contributed by atoms with Gasteiger partial charge in [0.25, 0.3) is 0 Å². The number of hydrogen-bond donors (Lipinski definition) is 5. The zero-order chi connectivity index (χ0) is 8.36. The van der Waals surface area contributed by atoms with Gasteiger partial charge in [-0.15, -0.1) is 0 Å². The fourth-order valence-electron chi connectivity index (χ4n) is 0.478. The summed E-state index contributed by atoms with van der Waals surface area (Å²) in [5.41, 5.74) is 25.8. The van der Waals surface area contributed by atoms with Crippen LogP contribution in [0.3, 0.4) is 0 Å². The molecule has 0 radical (unpaired) electrons. The quantitative estimate of drug-likeness (QED) is 0.212. The second-order valence-corrected chi connectivity index (χ2v) is 1.90. The molecular formula is C4H12N6. The molecule has 0 saturated heterocycles. The van der Waals surface area contributed by atoms with Gasteiger partial charge in [0, 0.05) is 0 Å². The average molecular weight is 144 g/mol. The van der Waals surface area contributed by atoms with Crippen LogP contribution in [-0.4, -0.2) is 12.5 Å². The third-order valence-electron chi connectivity index (χ3n) is 0.842. The molecule has 0 heterocycles. The minimum atomic E-state index is -1.61. The highest BCUT2D eigenvalue weighted by molar-refractivity contribution is 5.33. The number of aliphatic imine (C=N–C) groups is 1. The van der Waals surface area contributed by atoms with Crippen molar-refractivity contribution < 1.29 is 0 Å². The van der Waals surface area contributed by atoms with E-state index < -0.39 is 5.79 Å². The third-order valence-corrected chi connectivity index (χ3v) is 0.842. The van der Waals surface area contributed by atoms with Gasteiger partial charge >= 0.3 is 0 Å². The average Bonchev–Trinajstić information content (AvgIpc) is 1.60. The molecule has 0 fully saturated rings. The van der Waals surface area contributed by atoms with E-state index in [1.807, 2.05) is 0 Å². The molecule has 10 heavy (non-hydrogen) atoms. The Morgan fingerprint density at radius 2 is 1.60 bits per heavy atom. The predicted molar refractivity (Wildman–Crippen MR) is 40.2 cm³/mol. The molecule has 0 bridgehead atoms. The maximum Gasteiger partial charge on any atom is 0.164 e. The number of hydrogen-bond acceptors (Lipinski definition) is 6. The largest absolute Gasteiger partial charge is 0.384 e. The Morgan fingerprint density at radius 3 is 1.60 bits per heavy atom. The minimum absolute atomic E-state index is 0.00694. The van der Waals surface area contributed by atoms with Gasteiger partial charge in [-0.05, 0) is 6.72 Å². The second kappa shape index (κ2) is 2.65. The van der Waals surface area contributed by atoms with Crippen molar-refractivity contribution in [1.29, 1.82) is 0 Å². The van der Waals surface area contributed by atoms with Gasteiger partial charge in [0.15, 0.2) is 5.79 Å². The first-order valence-electron chi connectivity index (χ1n) is 2.48. The highest BCUT2D eigenvalue weighted by atomic mass is 15.2. The summed E-state index contributed by atoms with van der Waals surface area (Å²) >= 11 is 0. The van der Waals surface area contributed by atoms with Crippen molar-refractivity contribution in [3.8, 4) is 0 Å². The molecular weight excluding hydrogens is 132 g/mol. The minimum Gasteiger partial charge on any atom is -0.384 e.